The molecule has 0 N–H and O–H groups in total. The van der Waals surface area contributed by atoms with Gasteiger partial charge in [-0.2, -0.15) is 0 Å². The van der Waals surface area contributed by atoms with Crippen LogP contribution in [0.4, 0.5) is 0 Å². The third-order valence-corrected chi connectivity index (χ3v) is 14.1. The van der Waals surface area contributed by atoms with Crippen LogP contribution >= 0.6 is 0 Å². The topological polar surface area (TPSA) is 78.9 Å². The first kappa shape index (κ1) is 68.6. The van der Waals surface area contributed by atoms with E-state index in [9.17, 15) is 14.4 Å². The number of unbranched alkanes of at least 4 members (excludes halogenated alkanes) is 41. The fraction of sp³-hybridized carbons (Fsp3) is 0.862. The monoisotopic (exact) mass is 997 g/mol. The molecule has 0 heterocycles. The van der Waals surface area contributed by atoms with Gasteiger partial charge in [-0.25, -0.2) is 0 Å². The maximum atomic E-state index is 12.8. The summed E-state index contributed by atoms with van der Waals surface area (Å²) in [7, 11) is 0. The number of ether oxygens (including phenoxy) is 3. The summed E-state index contributed by atoms with van der Waals surface area (Å²) >= 11 is 0. The van der Waals surface area contributed by atoms with Crippen molar-refractivity contribution in [3.63, 3.8) is 0 Å². The van der Waals surface area contributed by atoms with E-state index in [2.05, 4.69) is 57.2 Å². The molecule has 6 heteroatoms. The molecule has 71 heavy (non-hydrogen) atoms. The van der Waals surface area contributed by atoms with Gasteiger partial charge >= 0.3 is 17.9 Å². The van der Waals surface area contributed by atoms with Crippen LogP contribution in [0.25, 0.3) is 0 Å². The average Bonchev–Trinajstić information content (AvgIpc) is 3.37. The van der Waals surface area contributed by atoms with Crippen LogP contribution in [-0.4, -0.2) is 37.2 Å². The lowest BCUT2D eigenvalue weighted by atomic mass is 10.0. The summed E-state index contributed by atoms with van der Waals surface area (Å²) < 4.78 is 16.9. The summed E-state index contributed by atoms with van der Waals surface area (Å²) in [6.07, 6.45) is 73.1. The SMILES string of the molecule is CCC/C=C\CCCCCCCC(=O)OCC(COC(=O)CCCCCCCCCCCCCCCCCCCCCCCCCCCCC)OC(=O)CCCCCCC/C=C\C/C=C\CCCCCC. The summed E-state index contributed by atoms with van der Waals surface area (Å²) in [6, 6.07) is 0. The van der Waals surface area contributed by atoms with E-state index in [0.29, 0.717) is 19.3 Å². The Labute approximate surface area is 442 Å². The van der Waals surface area contributed by atoms with Gasteiger partial charge in [-0.05, 0) is 70.6 Å². The van der Waals surface area contributed by atoms with E-state index in [-0.39, 0.29) is 31.1 Å². The number of rotatable bonds is 58. The largest absolute Gasteiger partial charge is 0.462 e. The molecule has 0 saturated heterocycles. The highest BCUT2D eigenvalue weighted by atomic mass is 16.6. The minimum atomic E-state index is -0.780. The van der Waals surface area contributed by atoms with Crippen molar-refractivity contribution < 1.29 is 28.6 Å². The van der Waals surface area contributed by atoms with Crippen molar-refractivity contribution in [1.29, 1.82) is 0 Å². The van der Waals surface area contributed by atoms with Crippen LogP contribution in [-0.2, 0) is 28.6 Å². The Morgan fingerprint density at radius 1 is 0.282 bits per heavy atom. The molecule has 0 aliphatic heterocycles. The fourth-order valence-electron chi connectivity index (χ4n) is 9.36. The van der Waals surface area contributed by atoms with Crippen LogP contribution in [0.5, 0.6) is 0 Å². The third kappa shape index (κ3) is 58.4. The van der Waals surface area contributed by atoms with Crippen molar-refractivity contribution in [3.8, 4) is 0 Å². The number of hydrogen-bond donors (Lipinski definition) is 0. The Hall–Kier alpha value is -2.37. The molecule has 0 amide bonds. The van der Waals surface area contributed by atoms with Gasteiger partial charge in [0.1, 0.15) is 13.2 Å². The highest BCUT2D eigenvalue weighted by Gasteiger charge is 2.19. The molecule has 1 atom stereocenters. The highest BCUT2D eigenvalue weighted by molar-refractivity contribution is 5.71. The van der Waals surface area contributed by atoms with Gasteiger partial charge in [-0.3, -0.25) is 14.4 Å². The summed E-state index contributed by atoms with van der Waals surface area (Å²) in [5, 5.41) is 0. The lowest BCUT2D eigenvalue weighted by Gasteiger charge is -2.18. The molecule has 0 aliphatic carbocycles. The number of carbonyl (C=O) groups excluding carboxylic acids is 3. The Morgan fingerprint density at radius 3 is 0.859 bits per heavy atom. The van der Waals surface area contributed by atoms with Crippen molar-refractivity contribution in [1.82, 2.24) is 0 Å². The summed E-state index contributed by atoms with van der Waals surface area (Å²) in [4.78, 5) is 38.1. The Balaban J connectivity index is 4.14. The van der Waals surface area contributed by atoms with Gasteiger partial charge in [0.15, 0.2) is 6.10 Å². The Kier molecular flexibility index (Phi) is 58.2. The molecular formula is C65H120O6. The van der Waals surface area contributed by atoms with Gasteiger partial charge in [-0.1, -0.05) is 288 Å². The van der Waals surface area contributed by atoms with Crippen molar-refractivity contribution >= 4 is 17.9 Å². The molecule has 0 rings (SSSR count). The molecule has 0 fully saturated rings. The van der Waals surface area contributed by atoms with Gasteiger partial charge in [0.05, 0.1) is 0 Å². The van der Waals surface area contributed by atoms with Crippen molar-refractivity contribution in [2.45, 2.75) is 348 Å². The average molecular weight is 998 g/mol. The number of esters is 3. The predicted molar refractivity (Wildman–Crippen MR) is 307 cm³/mol. The molecule has 0 spiro atoms. The van der Waals surface area contributed by atoms with Crippen LogP contribution in [0.2, 0.25) is 0 Å². The molecule has 1 unspecified atom stereocenters. The molecule has 0 aromatic heterocycles. The Bertz CT molecular complexity index is 1190. The minimum Gasteiger partial charge on any atom is -0.462 e. The van der Waals surface area contributed by atoms with Crippen molar-refractivity contribution in [2.24, 2.45) is 0 Å². The molecule has 0 bridgehead atoms. The van der Waals surface area contributed by atoms with E-state index in [1.807, 2.05) is 0 Å². The van der Waals surface area contributed by atoms with Gasteiger partial charge < -0.3 is 14.2 Å². The molecule has 6 nitrogen and oxygen atoms in total. The zero-order chi connectivity index (χ0) is 51.4. The summed E-state index contributed by atoms with van der Waals surface area (Å²) in [5.41, 5.74) is 0. The first-order chi connectivity index (χ1) is 35.0. The number of allylic oxidation sites excluding steroid dienone is 6. The van der Waals surface area contributed by atoms with Crippen molar-refractivity contribution in [3.05, 3.63) is 36.5 Å². The van der Waals surface area contributed by atoms with E-state index in [1.165, 1.54) is 205 Å². The normalized spacial score (nSPS) is 12.2. The molecule has 416 valence electrons. The van der Waals surface area contributed by atoms with Crippen LogP contribution in [0.1, 0.15) is 342 Å². The number of hydrogen-bond acceptors (Lipinski definition) is 6. The Morgan fingerprint density at radius 2 is 0.535 bits per heavy atom. The van der Waals surface area contributed by atoms with Crippen LogP contribution in [0, 0.1) is 0 Å². The van der Waals surface area contributed by atoms with E-state index >= 15 is 0 Å². The van der Waals surface area contributed by atoms with E-state index in [4.69, 9.17) is 14.2 Å². The molecule has 0 aromatic rings. The second kappa shape index (κ2) is 60.2. The first-order valence-corrected chi connectivity index (χ1v) is 31.5. The molecular weight excluding hydrogens is 877 g/mol. The van der Waals surface area contributed by atoms with Gasteiger partial charge in [0.25, 0.3) is 0 Å². The lowest BCUT2D eigenvalue weighted by Crippen LogP contribution is -2.30. The predicted octanol–water partition coefficient (Wildman–Crippen LogP) is 21.2. The quantitative estimate of drug-likeness (QED) is 0.0261. The first-order valence-electron chi connectivity index (χ1n) is 31.5. The molecule has 0 saturated carbocycles. The third-order valence-electron chi connectivity index (χ3n) is 14.1. The maximum Gasteiger partial charge on any atom is 0.306 e. The van der Waals surface area contributed by atoms with Crippen LogP contribution in [0.3, 0.4) is 0 Å². The smallest absolute Gasteiger partial charge is 0.306 e. The highest BCUT2D eigenvalue weighted by Crippen LogP contribution is 2.18. The summed E-state index contributed by atoms with van der Waals surface area (Å²) in [5.74, 6) is -0.884. The van der Waals surface area contributed by atoms with Crippen LogP contribution < -0.4 is 0 Å². The van der Waals surface area contributed by atoms with E-state index in [0.717, 1.165) is 96.3 Å². The molecule has 0 radical (unpaired) electrons. The number of carbonyl (C=O) groups is 3. The van der Waals surface area contributed by atoms with Gasteiger partial charge in [0.2, 0.25) is 0 Å². The fourth-order valence-corrected chi connectivity index (χ4v) is 9.36. The lowest BCUT2D eigenvalue weighted by molar-refractivity contribution is -0.167. The second-order valence-corrected chi connectivity index (χ2v) is 21.3. The molecule has 0 aliphatic rings. The van der Waals surface area contributed by atoms with Crippen molar-refractivity contribution in [2.75, 3.05) is 13.2 Å². The standard InChI is InChI=1S/C65H120O6/c1-4-7-10-13-16-19-22-24-26-28-29-30-31-32-33-34-35-36-37-38-40-41-43-46-49-52-55-58-64(67)70-61-62(60-69-63(66)57-54-51-48-45-21-18-15-12-9-6-3)71-65(68)59-56-53-50-47-44-42-39-27-25-23-20-17-14-11-8-5-2/h12,15,20,23,27,39,62H,4-11,13-14,16-19,21-22,24-26,28-38,40-61H2,1-3H3/b15-12-,23-20-,39-27-. The van der Waals surface area contributed by atoms with Gasteiger partial charge in [0, 0.05) is 19.3 Å². The minimum absolute atomic E-state index is 0.0771. The maximum absolute atomic E-state index is 12.8. The zero-order valence-corrected chi connectivity index (χ0v) is 47.8. The molecule has 0 aromatic carbocycles. The van der Waals surface area contributed by atoms with E-state index in [1.54, 1.807) is 0 Å². The zero-order valence-electron chi connectivity index (χ0n) is 47.8. The van der Waals surface area contributed by atoms with Gasteiger partial charge in [-0.15, -0.1) is 0 Å². The summed E-state index contributed by atoms with van der Waals surface area (Å²) in [6.45, 7) is 6.59. The second-order valence-electron chi connectivity index (χ2n) is 21.3. The van der Waals surface area contributed by atoms with Crippen LogP contribution in [0.15, 0.2) is 36.5 Å². The van der Waals surface area contributed by atoms with E-state index < -0.39 is 6.10 Å².